The summed E-state index contributed by atoms with van der Waals surface area (Å²) in [7, 11) is 1.45. The molecule has 2 aromatic carbocycles. The zero-order chi connectivity index (χ0) is 16.1. The fourth-order valence-electron chi connectivity index (χ4n) is 2.17. The maximum Gasteiger partial charge on any atom is 0.339 e. The Morgan fingerprint density at radius 2 is 1.95 bits per heavy atom. The molecule has 0 atom stereocenters. The number of carbonyl (C=O) groups is 1. The monoisotopic (exact) mass is 298 g/mol. The van der Waals surface area contributed by atoms with Gasteiger partial charge in [-0.05, 0) is 35.7 Å². The van der Waals surface area contributed by atoms with E-state index in [4.69, 9.17) is 9.47 Å². The van der Waals surface area contributed by atoms with Crippen LogP contribution in [0.25, 0.3) is 6.08 Å². The number of hydrogen-bond donors (Lipinski definition) is 1. The van der Waals surface area contributed by atoms with Gasteiger partial charge in [0.05, 0.1) is 7.11 Å². The van der Waals surface area contributed by atoms with Crippen LogP contribution in [0.5, 0.6) is 11.5 Å². The Morgan fingerprint density at radius 3 is 2.50 bits per heavy atom. The Morgan fingerprint density at radius 1 is 1.27 bits per heavy atom. The standard InChI is InChI=1S/C18H18O4/c1-4-13-5-7-14(8-6-13)11-22-15-9-12(2)17(21-3)16(10-15)18(19)20/h4-10H,1,11H2,2-3H3,(H,19,20). The summed E-state index contributed by atoms with van der Waals surface area (Å²) in [6, 6.07) is 11.0. The summed E-state index contributed by atoms with van der Waals surface area (Å²) in [6.07, 6.45) is 1.77. The molecule has 2 aromatic rings. The van der Waals surface area contributed by atoms with Crippen LogP contribution >= 0.6 is 0 Å². The molecule has 0 fully saturated rings. The minimum Gasteiger partial charge on any atom is -0.496 e. The second kappa shape index (κ2) is 6.80. The van der Waals surface area contributed by atoms with Gasteiger partial charge in [-0.15, -0.1) is 0 Å². The lowest BCUT2D eigenvalue weighted by molar-refractivity contribution is 0.0692. The lowest BCUT2D eigenvalue weighted by atomic mass is 10.1. The van der Waals surface area contributed by atoms with E-state index in [0.717, 1.165) is 16.7 Å². The molecule has 0 aliphatic carbocycles. The number of ether oxygens (including phenoxy) is 2. The molecule has 0 aliphatic rings. The Balaban J connectivity index is 2.18. The number of methoxy groups -OCH3 is 1. The molecule has 0 saturated heterocycles. The minimum absolute atomic E-state index is 0.0968. The van der Waals surface area contributed by atoms with Crippen molar-refractivity contribution < 1.29 is 19.4 Å². The van der Waals surface area contributed by atoms with E-state index in [2.05, 4.69) is 6.58 Å². The summed E-state index contributed by atoms with van der Waals surface area (Å²) in [5.41, 5.74) is 2.85. The van der Waals surface area contributed by atoms with Gasteiger partial charge in [0.1, 0.15) is 23.7 Å². The van der Waals surface area contributed by atoms with Crippen molar-refractivity contribution in [3.05, 3.63) is 65.2 Å². The van der Waals surface area contributed by atoms with Crippen LogP contribution in [-0.4, -0.2) is 18.2 Å². The molecule has 0 unspecified atom stereocenters. The first-order valence-electron chi connectivity index (χ1n) is 6.81. The molecule has 0 heterocycles. The third kappa shape index (κ3) is 3.47. The number of carboxylic acids is 1. The third-order valence-corrected chi connectivity index (χ3v) is 3.30. The largest absolute Gasteiger partial charge is 0.496 e. The number of carboxylic acid groups (broad SMARTS) is 1. The second-order valence-electron chi connectivity index (χ2n) is 4.86. The van der Waals surface area contributed by atoms with E-state index in [1.165, 1.54) is 13.2 Å². The van der Waals surface area contributed by atoms with Gasteiger partial charge in [0.25, 0.3) is 0 Å². The van der Waals surface area contributed by atoms with E-state index in [-0.39, 0.29) is 5.56 Å². The van der Waals surface area contributed by atoms with Crippen molar-refractivity contribution in [1.82, 2.24) is 0 Å². The summed E-state index contributed by atoms with van der Waals surface area (Å²) >= 11 is 0. The van der Waals surface area contributed by atoms with Gasteiger partial charge in [-0.1, -0.05) is 36.9 Å². The van der Waals surface area contributed by atoms with E-state index in [0.29, 0.717) is 18.1 Å². The maximum absolute atomic E-state index is 11.3. The first kappa shape index (κ1) is 15.6. The second-order valence-corrected chi connectivity index (χ2v) is 4.86. The van der Waals surface area contributed by atoms with Crippen LogP contribution in [0.15, 0.2) is 43.0 Å². The van der Waals surface area contributed by atoms with Crippen LogP contribution in [0, 0.1) is 6.92 Å². The van der Waals surface area contributed by atoms with E-state index >= 15 is 0 Å². The van der Waals surface area contributed by atoms with E-state index in [1.807, 2.05) is 24.3 Å². The Hall–Kier alpha value is -2.75. The number of hydrogen-bond acceptors (Lipinski definition) is 3. The highest BCUT2D eigenvalue weighted by atomic mass is 16.5. The lowest BCUT2D eigenvalue weighted by Crippen LogP contribution is -2.04. The summed E-state index contributed by atoms with van der Waals surface area (Å²) < 4.78 is 10.8. The van der Waals surface area contributed by atoms with E-state index in [1.54, 1.807) is 19.1 Å². The lowest BCUT2D eigenvalue weighted by Gasteiger charge is -2.12. The number of benzene rings is 2. The summed E-state index contributed by atoms with van der Waals surface area (Å²) in [5.74, 6) is -0.181. The predicted molar refractivity (Wildman–Crippen MR) is 85.6 cm³/mol. The van der Waals surface area contributed by atoms with Crippen LogP contribution in [0.3, 0.4) is 0 Å². The van der Waals surface area contributed by atoms with Gasteiger partial charge in [-0.25, -0.2) is 4.79 Å². The van der Waals surface area contributed by atoms with Gasteiger partial charge in [0.15, 0.2) is 0 Å². The molecule has 1 N–H and O–H groups in total. The van der Waals surface area contributed by atoms with E-state index < -0.39 is 5.97 Å². The number of aromatic carboxylic acids is 1. The molecule has 0 saturated carbocycles. The zero-order valence-electron chi connectivity index (χ0n) is 12.6. The van der Waals surface area contributed by atoms with Crippen molar-refractivity contribution in [3.63, 3.8) is 0 Å². The highest BCUT2D eigenvalue weighted by molar-refractivity contribution is 5.92. The van der Waals surface area contributed by atoms with Crippen molar-refractivity contribution in [3.8, 4) is 11.5 Å². The topological polar surface area (TPSA) is 55.8 Å². The Bertz CT molecular complexity index is 687. The normalized spacial score (nSPS) is 10.1. The molecule has 0 aliphatic heterocycles. The average Bonchev–Trinajstić information content (AvgIpc) is 2.52. The SMILES string of the molecule is C=Cc1ccc(COc2cc(C)c(OC)c(C(=O)O)c2)cc1. The van der Waals surface area contributed by atoms with Crippen LogP contribution in [0.4, 0.5) is 0 Å². The van der Waals surface area contributed by atoms with Crippen molar-refractivity contribution in [1.29, 1.82) is 0 Å². The van der Waals surface area contributed by atoms with E-state index in [9.17, 15) is 9.90 Å². The molecule has 0 aromatic heterocycles. The highest BCUT2D eigenvalue weighted by Gasteiger charge is 2.15. The quantitative estimate of drug-likeness (QED) is 0.878. The van der Waals surface area contributed by atoms with Gasteiger partial charge in [-0.2, -0.15) is 0 Å². The molecule has 2 rings (SSSR count). The van der Waals surface area contributed by atoms with Gasteiger partial charge in [0, 0.05) is 0 Å². The molecule has 0 bridgehead atoms. The Labute approximate surface area is 129 Å². The van der Waals surface area contributed by atoms with Crippen LogP contribution in [0.1, 0.15) is 27.0 Å². The first-order valence-corrected chi connectivity index (χ1v) is 6.81. The minimum atomic E-state index is -1.04. The van der Waals surface area contributed by atoms with Crippen molar-refractivity contribution in [2.75, 3.05) is 7.11 Å². The highest BCUT2D eigenvalue weighted by Crippen LogP contribution is 2.29. The fourth-order valence-corrected chi connectivity index (χ4v) is 2.17. The zero-order valence-corrected chi connectivity index (χ0v) is 12.6. The first-order chi connectivity index (χ1) is 10.5. The summed E-state index contributed by atoms with van der Waals surface area (Å²) in [6.45, 7) is 5.86. The number of aryl methyl sites for hydroxylation is 1. The molecule has 0 amide bonds. The molecule has 0 spiro atoms. The number of rotatable bonds is 6. The summed E-state index contributed by atoms with van der Waals surface area (Å²) in [5, 5.41) is 9.24. The molecule has 0 radical (unpaired) electrons. The summed E-state index contributed by atoms with van der Waals surface area (Å²) in [4.78, 5) is 11.3. The predicted octanol–water partition coefficient (Wildman–Crippen LogP) is 3.92. The van der Waals surface area contributed by atoms with Crippen molar-refractivity contribution >= 4 is 12.0 Å². The molecular formula is C18H18O4. The molecule has 4 nitrogen and oxygen atoms in total. The molecule has 114 valence electrons. The molecule has 22 heavy (non-hydrogen) atoms. The van der Waals surface area contributed by atoms with Crippen LogP contribution in [-0.2, 0) is 6.61 Å². The van der Waals surface area contributed by atoms with Crippen LogP contribution in [0.2, 0.25) is 0 Å². The van der Waals surface area contributed by atoms with Crippen molar-refractivity contribution in [2.24, 2.45) is 0 Å². The maximum atomic E-state index is 11.3. The average molecular weight is 298 g/mol. The van der Waals surface area contributed by atoms with Gasteiger partial charge in [-0.3, -0.25) is 0 Å². The smallest absolute Gasteiger partial charge is 0.339 e. The van der Waals surface area contributed by atoms with Crippen molar-refractivity contribution in [2.45, 2.75) is 13.5 Å². The van der Waals surface area contributed by atoms with Gasteiger partial charge in [0.2, 0.25) is 0 Å². The van der Waals surface area contributed by atoms with Gasteiger partial charge >= 0.3 is 5.97 Å². The van der Waals surface area contributed by atoms with Gasteiger partial charge < -0.3 is 14.6 Å². The Kier molecular flexibility index (Phi) is 4.84. The molecule has 4 heteroatoms. The van der Waals surface area contributed by atoms with Crippen LogP contribution < -0.4 is 9.47 Å². The molecular weight excluding hydrogens is 280 g/mol. The third-order valence-electron chi connectivity index (χ3n) is 3.30. The fraction of sp³-hybridized carbons (Fsp3) is 0.167.